The van der Waals surface area contributed by atoms with E-state index >= 15 is 0 Å². The zero-order valence-electron chi connectivity index (χ0n) is 23.3. The average Bonchev–Trinajstić information content (AvgIpc) is 2.92. The molecular formula is C31H38ClN3O4S. The molecule has 0 aliphatic rings. The molecule has 0 bridgehead atoms. The summed E-state index contributed by atoms with van der Waals surface area (Å²) in [6.45, 7) is 4.86. The van der Waals surface area contributed by atoms with Crippen molar-refractivity contribution >= 4 is 39.1 Å². The third kappa shape index (κ3) is 9.68. The fraction of sp³-hybridized carbons (Fsp3) is 0.355. The van der Waals surface area contributed by atoms with Gasteiger partial charge in [-0.15, -0.1) is 0 Å². The summed E-state index contributed by atoms with van der Waals surface area (Å²) < 4.78 is 26.3. The molecule has 0 radical (unpaired) electrons. The van der Waals surface area contributed by atoms with Crippen LogP contribution in [0.2, 0.25) is 5.02 Å². The largest absolute Gasteiger partial charge is 0.354 e. The van der Waals surface area contributed by atoms with Gasteiger partial charge >= 0.3 is 0 Å². The standard InChI is InChI=1S/C31H38ClN3O4S/c1-24(2)22-33-31(37)29(21-25-12-6-4-7-13-25)34(23-26-14-10-15-27(32)20-26)30(36)18-11-19-35(40(3,38)39)28-16-8-5-9-17-28/h4-10,12-17,20,24,29H,11,18-19,21-23H2,1-3H3,(H,33,37)/t29-/m0/s1. The molecule has 0 aliphatic heterocycles. The van der Waals surface area contributed by atoms with Crippen LogP contribution in [0.3, 0.4) is 0 Å². The van der Waals surface area contributed by atoms with Gasteiger partial charge in [-0.3, -0.25) is 13.9 Å². The molecule has 40 heavy (non-hydrogen) atoms. The van der Waals surface area contributed by atoms with Gasteiger partial charge in [0.1, 0.15) is 6.04 Å². The number of benzene rings is 3. The van der Waals surface area contributed by atoms with Crippen molar-refractivity contribution in [1.29, 1.82) is 0 Å². The first-order valence-corrected chi connectivity index (χ1v) is 15.7. The van der Waals surface area contributed by atoms with E-state index in [0.717, 1.165) is 17.4 Å². The zero-order valence-corrected chi connectivity index (χ0v) is 24.9. The van der Waals surface area contributed by atoms with Crippen molar-refractivity contribution in [1.82, 2.24) is 10.2 Å². The van der Waals surface area contributed by atoms with Gasteiger partial charge < -0.3 is 10.2 Å². The molecule has 0 heterocycles. The molecule has 0 aliphatic carbocycles. The molecule has 1 atom stereocenters. The smallest absolute Gasteiger partial charge is 0.243 e. The van der Waals surface area contributed by atoms with E-state index in [1.165, 1.54) is 4.31 Å². The second-order valence-corrected chi connectivity index (χ2v) is 12.6. The predicted molar refractivity (Wildman–Crippen MR) is 162 cm³/mol. The Labute approximate surface area is 243 Å². The highest BCUT2D eigenvalue weighted by atomic mass is 35.5. The number of anilines is 1. The lowest BCUT2D eigenvalue weighted by Gasteiger charge is -2.32. The molecule has 0 spiro atoms. The molecule has 3 rings (SSSR count). The average molecular weight is 584 g/mol. The number of amides is 2. The van der Waals surface area contributed by atoms with E-state index in [-0.39, 0.29) is 37.2 Å². The van der Waals surface area contributed by atoms with Crippen molar-refractivity contribution in [3.8, 4) is 0 Å². The van der Waals surface area contributed by atoms with E-state index in [1.54, 1.807) is 41.3 Å². The maximum Gasteiger partial charge on any atom is 0.243 e. The Morgan fingerprint density at radius 3 is 2.12 bits per heavy atom. The zero-order chi connectivity index (χ0) is 29.1. The Morgan fingerprint density at radius 2 is 1.52 bits per heavy atom. The lowest BCUT2D eigenvalue weighted by atomic mass is 10.0. The van der Waals surface area contributed by atoms with Crippen molar-refractivity contribution < 1.29 is 18.0 Å². The summed E-state index contributed by atoms with van der Waals surface area (Å²) in [6.07, 6.45) is 1.86. The van der Waals surface area contributed by atoms with E-state index in [4.69, 9.17) is 11.6 Å². The minimum Gasteiger partial charge on any atom is -0.354 e. The van der Waals surface area contributed by atoms with E-state index in [9.17, 15) is 18.0 Å². The lowest BCUT2D eigenvalue weighted by molar-refractivity contribution is -0.141. The summed E-state index contributed by atoms with van der Waals surface area (Å²) in [5.74, 6) is -0.213. The normalized spacial score (nSPS) is 12.1. The van der Waals surface area contributed by atoms with Crippen LogP contribution in [0.15, 0.2) is 84.9 Å². The summed E-state index contributed by atoms with van der Waals surface area (Å²) in [5, 5.41) is 3.55. The number of nitrogens with one attached hydrogen (secondary N) is 1. The summed E-state index contributed by atoms with van der Waals surface area (Å²) in [7, 11) is -3.55. The highest BCUT2D eigenvalue weighted by molar-refractivity contribution is 7.92. The molecule has 0 aromatic heterocycles. The summed E-state index contributed by atoms with van der Waals surface area (Å²) >= 11 is 6.24. The molecule has 1 N–H and O–H groups in total. The predicted octanol–water partition coefficient (Wildman–Crippen LogP) is 5.30. The number of nitrogens with zero attached hydrogens (tertiary/aromatic N) is 2. The van der Waals surface area contributed by atoms with Crippen LogP contribution in [-0.4, -0.2) is 50.5 Å². The van der Waals surface area contributed by atoms with Crippen LogP contribution in [0.4, 0.5) is 5.69 Å². The Hall–Kier alpha value is -3.36. The third-order valence-corrected chi connectivity index (χ3v) is 7.82. The molecule has 0 fully saturated rings. The van der Waals surface area contributed by atoms with Gasteiger partial charge in [-0.1, -0.05) is 86.1 Å². The van der Waals surface area contributed by atoms with Crippen molar-refractivity contribution in [3.05, 3.63) is 101 Å². The Balaban J connectivity index is 1.87. The van der Waals surface area contributed by atoms with Crippen LogP contribution in [-0.2, 0) is 32.6 Å². The van der Waals surface area contributed by atoms with Crippen molar-refractivity contribution in [2.75, 3.05) is 23.7 Å². The van der Waals surface area contributed by atoms with Crippen LogP contribution >= 0.6 is 11.6 Å². The van der Waals surface area contributed by atoms with Gasteiger partial charge in [0, 0.05) is 37.5 Å². The first kappa shape index (κ1) is 31.2. The van der Waals surface area contributed by atoms with Gasteiger partial charge in [0.05, 0.1) is 11.9 Å². The summed E-state index contributed by atoms with van der Waals surface area (Å²) in [5.41, 5.74) is 2.28. The minimum atomic E-state index is -3.55. The lowest BCUT2D eigenvalue weighted by Crippen LogP contribution is -2.51. The Kier molecular flexibility index (Phi) is 11.6. The maximum atomic E-state index is 13.8. The number of carbonyl (C=O) groups is 2. The number of para-hydroxylation sites is 1. The quantitative estimate of drug-likeness (QED) is 0.279. The monoisotopic (exact) mass is 583 g/mol. The molecule has 214 valence electrons. The fourth-order valence-electron chi connectivity index (χ4n) is 4.41. The molecule has 2 amide bonds. The number of halogens is 1. The topological polar surface area (TPSA) is 86.8 Å². The van der Waals surface area contributed by atoms with E-state index < -0.39 is 16.1 Å². The first-order valence-electron chi connectivity index (χ1n) is 13.4. The second kappa shape index (κ2) is 14.9. The van der Waals surface area contributed by atoms with Crippen LogP contribution in [0.25, 0.3) is 0 Å². The van der Waals surface area contributed by atoms with Crippen molar-refractivity contribution in [2.45, 2.75) is 45.7 Å². The number of sulfonamides is 1. The molecule has 9 heteroatoms. The first-order chi connectivity index (χ1) is 19.0. The van der Waals surface area contributed by atoms with Crippen LogP contribution in [0, 0.1) is 5.92 Å². The number of rotatable bonds is 14. The van der Waals surface area contributed by atoms with E-state index in [2.05, 4.69) is 5.32 Å². The summed E-state index contributed by atoms with van der Waals surface area (Å²) in [6, 6.07) is 24.9. The van der Waals surface area contributed by atoms with Crippen molar-refractivity contribution in [3.63, 3.8) is 0 Å². The molecule has 0 saturated carbocycles. The van der Waals surface area contributed by atoms with Gasteiger partial charge in [0.2, 0.25) is 21.8 Å². The molecule has 3 aromatic carbocycles. The van der Waals surface area contributed by atoms with Gasteiger partial charge in [-0.2, -0.15) is 0 Å². The van der Waals surface area contributed by atoms with Gasteiger partial charge in [0.25, 0.3) is 0 Å². The molecule has 0 saturated heterocycles. The number of hydrogen-bond donors (Lipinski definition) is 1. The highest BCUT2D eigenvalue weighted by Crippen LogP contribution is 2.21. The highest BCUT2D eigenvalue weighted by Gasteiger charge is 2.30. The molecule has 3 aromatic rings. The summed E-state index contributed by atoms with van der Waals surface area (Å²) in [4.78, 5) is 29.0. The number of hydrogen-bond acceptors (Lipinski definition) is 4. The molecule has 0 unspecified atom stereocenters. The third-order valence-electron chi connectivity index (χ3n) is 6.39. The van der Waals surface area contributed by atoms with Crippen molar-refractivity contribution in [2.24, 2.45) is 5.92 Å². The number of carbonyl (C=O) groups excluding carboxylic acids is 2. The Morgan fingerprint density at radius 1 is 0.900 bits per heavy atom. The molecule has 7 nitrogen and oxygen atoms in total. The van der Waals surface area contributed by atoms with Gasteiger partial charge in [0.15, 0.2) is 0 Å². The van der Waals surface area contributed by atoms with Gasteiger partial charge in [-0.25, -0.2) is 8.42 Å². The Bertz CT molecular complexity index is 1350. The van der Waals surface area contributed by atoms with E-state index in [1.807, 2.05) is 62.4 Å². The SMILES string of the molecule is CC(C)CNC(=O)[C@H](Cc1ccccc1)N(Cc1cccc(Cl)c1)C(=O)CCCN(c1ccccc1)S(C)(=O)=O. The van der Waals surface area contributed by atoms with Crippen LogP contribution < -0.4 is 9.62 Å². The van der Waals surface area contributed by atoms with Crippen LogP contribution in [0.1, 0.15) is 37.8 Å². The minimum absolute atomic E-state index is 0.0716. The van der Waals surface area contributed by atoms with Crippen LogP contribution in [0.5, 0.6) is 0 Å². The molecular weight excluding hydrogens is 546 g/mol. The van der Waals surface area contributed by atoms with Gasteiger partial charge in [-0.05, 0) is 47.7 Å². The van der Waals surface area contributed by atoms with E-state index in [0.29, 0.717) is 30.1 Å². The second-order valence-electron chi connectivity index (χ2n) is 10.3. The fourth-order valence-corrected chi connectivity index (χ4v) is 5.58. The maximum absolute atomic E-state index is 13.8.